The number of ketones is 1. The van der Waals surface area contributed by atoms with E-state index in [1.165, 1.54) is 6.92 Å². The Labute approximate surface area is 93.8 Å². The largest absolute Gasteiger partial charge is 0.387 e. The number of ether oxygens (including phenoxy) is 2. The predicted molar refractivity (Wildman–Crippen MR) is 53.6 cm³/mol. The van der Waals surface area contributed by atoms with Gasteiger partial charge in [0.2, 0.25) is 0 Å². The molecule has 0 aromatic carbocycles. The van der Waals surface area contributed by atoms with Crippen LogP contribution in [0.25, 0.3) is 0 Å². The van der Waals surface area contributed by atoms with E-state index in [0.717, 1.165) is 0 Å². The number of hydrogen-bond acceptors (Lipinski definition) is 6. The first kappa shape index (κ1) is 13.5. The van der Waals surface area contributed by atoms with Crippen LogP contribution in [0.1, 0.15) is 20.8 Å². The minimum Gasteiger partial charge on any atom is -0.387 e. The Bertz CT molecular complexity index is 254. The highest BCUT2D eigenvalue weighted by atomic mass is 16.7. The molecule has 1 fully saturated rings. The van der Waals surface area contributed by atoms with E-state index in [9.17, 15) is 20.1 Å². The summed E-state index contributed by atoms with van der Waals surface area (Å²) in [5.74, 6) is -0.421. The van der Waals surface area contributed by atoms with E-state index >= 15 is 0 Å². The molecule has 1 saturated heterocycles. The molecule has 1 heterocycles. The molecule has 6 heteroatoms. The topological polar surface area (TPSA) is 96.2 Å². The van der Waals surface area contributed by atoms with Crippen LogP contribution in [0.5, 0.6) is 0 Å². The summed E-state index contributed by atoms with van der Waals surface area (Å²) in [4.78, 5) is 11.2. The molecule has 1 aliphatic rings. The van der Waals surface area contributed by atoms with Crippen molar-refractivity contribution in [2.24, 2.45) is 0 Å². The van der Waals surface area contributed by atoms with E-state index in [1.54, 1.807) is 13.8 Å². The third-order valence-corrected chi connectivity index (χ3v) is 2.38. The molecule has 0 aliphatic carbocycles. The second-order valence-corrected chi connectivity index (χ2v) is 4.19. The Morgan fingerprint density at radius 3 is 2.19 bits per heavy atom. The van der Waals surface area contributed by atoms with Gasteiger partial charge in [-0.2, -0.15) is 0 Å². The molecule has 0 aromatic rings. The fraction of sp³-hybridized carbons (Fsp3) is 0.900. The highest BCUT2D eigenvalue weighted by molar-refractivity contribution is 5.81. The second-order valence-electron chi connectivity index (χ2n) is 4.19. The van der Waals surface area contributed by atoms with E-state index in [4.69, 9.17) is 9.47 Å². The average Bonchev–Trinajstić information content (AvgIpc) is 2.18. The van der Waals surface area contributed by atoms with Gasteiger partial charge in [-0.3, -0.25) is 4.79 Å². The molecular formula is C10H18O6. The maximum absolute atomic E-state index is 11.2. The summed E-state index contributed by atoms with van der Waals surface area (Å²) in [6, 6.07) is 0. The van der Waals surface area contributed by atoms with Crippen LogP contribution in [0.4, 0.5) is 0 Å². The van der Waals surface area contributed by atoms with Gasteiger partial charge in [-0.05, 0) is 20.8 Å². The first-order chi connectivity index (χ1) is 7.34. The SMILES string of the molecule is CC(=O)[C@H]1O[C@@H](OC(C)C)[C@H](O)[C@@H](O)[C@@H]1O. The molecular weight excluding hydrogens is 216 g/mol. The lowest BCUT2D eigenvalue weighted by molar-refractivity contribution is -0.297. The van der Waals surface area contributed by atoms with Crippen LogP contribution < -0.4 is 0 Å². The van der Waals surface area contributed by atoms with Crippen molar-refractivity contribution < 1.29 is 29.6 Å². The number of carbonyl (C=O) groups is 1. The summed E-state index contributed by atoms with van der Waals surface area (Å²) in [7, 11) is 0. The van der Waals surface area contributed by atoms with Crippen LogP contribution in [0.15, 0.2) is 0 Å². The second kappa shape index (κ2) is 5.20. The molecule has 3 N–H and O–H groups in total. The Hall–Kier alpha value is -0.530. The predicted octanol–water partition coefficient (Wildman–Crippen LogP) is -1.19. The van der Waals surface area contributed by atoms with Gasteiger partial charge >= 0.3 is 0 Å². The van der Waals surface area contributed by atoms with E-state index in [0.29, 0.717) is 0 Å². The Kier molecular flexibility index (Phi) is 4.40. The summed E-state index contributed by atoms with van der Waals surface area (Å²) in [5, 5.41) is 28.6. The highest BCUT2D eigenvalue weighted by Crippen LogP contribution is 2.23. The third kappa shape index (κ3) is 2.78. The quantitative estimate of drug-likeness (QED) is 0.568. The molecule has 0 unspecified atom stereocenters. The molecule has 0 amide bonds. The summed E-state index contributed by atoms with van der Waals surface area (Å²) in [6.45, 7) is 4.71. The van der Waals surface area contributed by atoms with E-state index in [1.807, 2.05) is 0 Å². The molecule has 1 rings (SSSR count). The van der Waals surface area contributed by atoms with Gasteiger partial charge in [0.15, 0.2) is 12.1 Å². The number of aliphatic hydroxyl groups excluding tert-OH is 3. The van der Waals surface area contributed by atoms with Gasteiger partial charge in [0.1, 0.15) is 24.4 Å². The average molecular weight is 234 g/mol. The van der Waals surface area contributed by atoms with E-state index in [-0.39, 0.29) is 6.10 Å². The van der Waals surface area contributed by atoms with Crippen molar-refractivity contribution in [1.82, 2.24) is 0 Å². The summed E-state index contributed by atoms with van der Waals surface area (Å²) in [5.41, 5.74) is 0. The van der Waals surface area contributed by atoms with Gasteiger partial charge in [-0.15, -0.1) is 0 Å². The highest BCUT2D eigenvalue weighted by Gasteiger charge is 2.46. The van der Waals surface area contributed by atoms with Gasteiger partial charge in [0.25, 0.3) is 0 Å². The van der Waals surface area contributed by atoms with Crippen LogP contribution >= 0.6 is 0 Å². The standard InChI is InChI=1S/C10H18O6/c1-4(2)15-10-8(14)6(12)7(13)9(16-10)5(3)11/h4,6-10,12-14H,1-3H3/t6-,7-,8+,9+,10+/m0/s1. The molecule has 94 valence electrons. The maximum atomic E-state index is 11.2. The zero-order valence-electron chi connectivity index (χ0n) is 9.53. The lowest BCUT2D eigenvalue weighted by atomic mass is 9.97. The van der Waals surface area contributed by atoms with Gasteiger partial charge in [-0.25, -0.2) is 0 Å². The zero-order valence-corrected chi connectivity index (χ0v) is 9.53. The smallest absolute Gasteiger partial charge is 0.187 e. The molecule has 0 radical (unpaired) electrons. The van der Waals surface area contributed by atoms with Crippen LogP contribution in [0.3, 0.4) is 0 Å². The number of hydrogen-bond donors (Lipinski definition) is 3. The van der Waals surface area contributed by atoms with Crippen molar-refractivity contribution in [3.05, 3.63) is 0 Å². The molecule has 1 aliphatic heterocycles. The van der Waals surface area contributed by atoms with Gasteiger partial charge in [0, 0.05) is 0 Å². The third-order valence-electron chi connectivity index (χ3n) is 2.38. The minimum atomic E-state index is -1.45. The van der Waals surface area contributed by atoms with Crippen molar-refractivity contribution >= 4 is 5.78 Å². The van der Waals surface area contributed by atoms with Crippen molar-refractivity contribution in [2.45, 2.75) is 57.6 Å². The molecule has 0 spiro atoms. The lowest BCUT2D eigenvalue weighted by Crippen LogP contribution is -2.60. The number of rotatable bonds is 3. The van der Waals surface area contributed by atoms with Crippen LogP contribution in [0.2, 0.25) is 0 Å². The fourth-order valence-corrected chi connectivity index (χ4v) is 1.56. The Morgan fingerprint density at radius 2 is 1.75 bits per heavy atom. The van der Waals surface area contributed by atoms with Crippen molar-refractivity contribution in [3.8, 4) is 0 Å². The maximum Gasteiger partial charge on any atom is 0.187 e. The first-order valence-electron chi connectivity index (χ1n) is 5.20. The Balaban J connectivity index is 2.77. The zero-order chi connectivity index (χ0) is 12.5. The number of carbonyl (C=O) groups excluding carboxylic acids is 1. The summed E-state index contributed by atoms with van der Waals surface area (Å²) >= 11 is 0. The summed E-state index contributed by atoms with van der Waals surface area (Å²) < 4.78 is 10.3. The van der Waals surface area contributed by atoms with Gasteiger partial charge in [-0.1, -0.05) is 0 Å². The van der Waals surface area contributed by atoms with Crippen LogP contribution in [-0.2, 0) is 14.3 Å². The normalized spacial score (nSPS) is 40.1. The Morgan fingerprint density at radius 1 is 1.19 bits per heavy atom. The summed E-state index contributed by atoms with van der Waals surface area (Å²) in [6.07, 6.45) is -6.75. The first-order valence-corrected chi connectivity index (χ1v) is 5.20. The number of aliphatic hydroxyl groups is 3. The molecule has 5 atom stereocenters. The minimum absolute atomic E-state index is 0.227. The van der Waals surface area contributed by atoms with Gasteiger partial charge < -0.3 is 24.8 Å². The van der Waals surface area contributed by atoms with Crippen molar-refractivity contribution in [1.29, 1.82) is 0 Å². The fourth-order valence-electron chi connectivity index (χ4n) is 1.56. The van der Waals surface area contributed by atoms with E-state index < -0.39 is 36.5 Å². The number of Topliss-reactive ketones (excluding diaryl/α,β-unsaturated/α-hetero) is 1. The molecule has 6 nitrogen and oxygen atoms in total. The van der Waals surface area contributed by atoms with Crippen molar-refractivity contribution in [2.75, 3.05) is 0 Å². The van der Waals surface area contributed by atoms with Crippen molar-refractivity contribution in [3.63, 3.8) is 0 Å². The molecule has 16 heavy (non-hydrogen) atoms. The lowest BCUT2D eigenvalue weighted by Gasteiger charge is -2.39. The van der Waals surface area contributed by atoms with Crippen LogP contribution in [0, 0.1) is 0 Å². The molecule has 0 bridgehead atoms. The van der Waals surface area contributed by atoms with Crippen LogP contribution in [-0.4, -0.2) is 57.9 Å². The van der Waals surface area contributed by atoms with Gasteiger partial charge in [0.05, 0.1) is 6.10 Å². The monoisotopic (exact) mass is 234 g/mol. The molecule has 0 saturated carbocycles. The molecule has 0 aromatic heterocycles. The van der Waals surface area contributed by atoms with E-state index in [2.05, 4.69) is 0 Å².